The maximum absolute atomic E-state index is 12.2. The van der Waals surface area contributed by atoms with Crippen LogP contribution in [0.5, 0.6) is 0 Å². The topological polar surface area (TPSA) is 78.9 Å². The van der Waals surface area contributed by atoms with Crippen LogP contribution in [0.2, 0.25) is 0 Å². The minimum atomic E-state index is -0.868. The third kappa shape index (κ3) is 2.29. The second-order valence-electron chi connectivity index (χ2n) is 5.80. The Labute approximate surface area is 112 Å². The first kappa shape index (κ1) is 12.7. The Hall–Kier alpha value is -1.30. The van der Waals surface area contributed by atoms with E-state index < -0.39 is 12.0 Å². The average molecular weight is 268 g/mol. The van der Waals surface area contributed by atoms with Crippen LogP contribution in [0.15, 0.2) is 0 Å². The van der Waals surface area contributed by atoms with E-state index in [2.05, 4.69) is 5.32 Å². The third-order valence-corrected chi connectivity index (χ3v) is 4.66. The van der Waals surface area contributed by atoms with Gasteiger partial charge in [-0.25, -0.2) is 9.59 Å². The van der Waals surface area contributed by atoms with E-state index in [9.17, 15) is 14.7 Å². The summed E-state index contributed by atoms with van der Waals surface area (Å²) in [6, 6.07) is -0.852. The van der Waals surface area contributed by atoms with Gasteiger partial charge in [-0.3, -0.25) is 0 Å². The van der Waals surface area contributed by atoms with Crippen LogP contribution in [0.1, 0.15) is 25.7 Å². The predicted octanol–water partition coefficient (Wildman–Crippen LogP) is 0.670. The molecule has 0 radical (unpaired) electrons. The van der Waals surface area contributed by atoms with Crippen molar-refractivity contribution in [2.45, 2.75) is 37.8 Å². The molecule has 1 saturated carbocycles. The molecule has 3 rings (SSSR count). The van der Waals surface area contributed by atoms with Crippen molar-refractivity contribution in [3.63, 3.8) is 0 Å². The molecule has 2 amide bonds. The van der Waals surface area contributed by atoms with Crippen molar-refractivity contribution >= 4 is 12.0 Å². The van der Waals surface area contributed by atoms with Crippen LogP contribution in [-0.4, -0.2) is 53.8 Å². The molecule has 3 aliphatic rings. The number of carbonyl (C=O) groups is 2. The predicted molar refractivity (Wildman–Crippen MR) is 66.7 cm³/mol. The SMILES string of the molecule is O=C(O)C1C2CCCC2CN1C(=O)NC1CCOC1. The second-order valence-corrected chi connectivity index (χ2v) is 5.80. The molecule has 4 atom stereocenters. The summed E-state index contributed by atoms with van der Waals surface area (Å²) in [4.78, 5) is 25.2. The van der Waals surface area contributed by atoms with Crippen molar-refractivity contribution in [1.82, 2.24) is 10.2 Å². The minimum absolute atomic E-state index is 0.0300. The summed E-state index contributed by atoms with van der Waals surface area (Å²) >= 11 is 0. The second kappa shape index (κ2) is 5.00. The monoisotopic (exact) mass is 268 g/mol. The molecule has 6 heteroatoms. The zero-order valence-corrected chi connectivity index (χ0v) is 10.9. The number of nitrogens with zero attached hydrogens (tertiary/aromatic N) is 1. The summed E-state index contributed by atoms with van der Waals surface area (Å²) in [6.07, 6.45) is 3.87. The number of nitrogens with one attached hydrogen (secondary N) is 1. The zero-order valence-electron chi connectivity index (χ0n) is 10.9. The summed E-state index contributed by atoms with van der Waals surface area (Å²) in [7, 11) is 0. The Kier molecular flexibility index (Phi) is 3.35. The van der Waals surface area contributed by atoms with Gasteiger partial charge in [0.15, 0.2) is 0 Å². The Morgan fingerprint density at radius 1 is 1.26 bits per heavy atom. The molecule has 3 fully saturated rings. The van der Waals surface area contributed by atoms with Gasteiger partial charge in [-0.05, 0) is 31.1 Å². The fourth-order valence-corrected chi connectivity index (χ4v) is 3.74. The van der Waals surface area contributed by atoms with E-state index >= 15 is 0 Å². The first-order chi connectivity index (χ1) is 9.16. The highest BCUT2D eigenvalue weighted by Gasteiger charge is 2.49. The summed E-state index contributed by atoms with van der Waals surface area (Å²) in [5.74, 6) is -0.359. The van der Waals surface area contributed by atoms with Crippen LogP contribution in [0.3, 0.4) is 0 Å². The summed E-state index contributed by atoms with van der Waals surface area (Å²) < 4.78 is 5.22. The van der Waals surface area contributed by atoms with Crippen LogP contribution in [0, 0.1) is 11.8 Å². The lowest BCUT2D eigenvalue weighted by Gasteiger charge is -2.26. The molecule has 1 aliphatic carbocycles. The van der Waals surface area contributed by atoms with Gasteiger partial charge in [-0.1, -0.05) is 6.42 Å². The molecule has 6 nitrogen and oxygen atoms in total. The summed E-state index contributed by atoms with van der Waals surface area (Å²) in [6.45, 7) is 1.78. The molecule has 0 bridgehead atoms. The van der Waals surface area contributed by atoms with Gasteiger partial charge in [-0.2, -0.15) is 0 Å². The van der Waals surface area contributed by atoms with Gasteiger partial charge in [0.05, 0.1) is 12.6 Å². The highest BCUT2D eigenvalue weighted by molar-refractivity contribution is 5.84. The number of likely N-dealkylation sites (tertiary alicyclic amines) is 1. The molecule has 2 aliphatic heterocycles. The van der Waals surface area contributed by atoms with Gasteiger partial charge in [0.1, 0.15) is 6.04 Å². The van der Waals surface area contributed by atoms with Crippen LogP contribution < -0.4 is 5.32 Å². The van der Waals surface area contributed by atoms with Crippen LogP contribution in [0.25, 0.3) is 0 Å². The molecule has 106 valence electrons. The van der Waals surface area contributed by atoms with E-state index in [4.69, 9.17) is 4.74 Å². The number of aliphatic carboxylic acids is 1. The maximum Gasteiger partial charge on any atom is 0.326 e. The molecule has 2 heterocycles. The van der Waals surface area contributed by atoms with Crippen molar-refractivity contribution in [3.05, 3.63) is 0 Å². The number of hydrogen-bond donors (Lipinski definition) is 2. The van der Waals surface area contributed by atoms with Crippen molar-refractivity contribution in [2.75, 3.05) is 19.8 Å². The summed E-state index contributed by atoms with van der Waals surface area (Å²) in [5.41, 5.74) is 0. The van der Waals surface area contributed by atoms with Gasteiger partial charge >= 0.3 is 12.0 Å². The highest BCUT2D eigenvalue weighted by atomic mass is 16.5. The molecular formula is C13H20N2O4. The first-order valence-electron chi connectivity index (χ1n) is 7.04. The van der Waals surface area contributed by atoms with E-state index in [1.54, 1.807) is 0 Å². The van der Waals surface area contributed by atoms with Gasteiger partial charge in [0, 0.05) is 13.2 Å². The Morgan fingerprint density at radius 3 is 2.79 bits per heavy atom. The van der Waals surface area contributed by atoms with E-state index in [1.807, 2.05) is 0 Å². The van der Waals surface area contributed by atoms with E-state index in [0.29, 0.717) is 25.7 Å². The molecule has 0 spiro atoms. The van der Waals surface area contributed by atoms with Crippen LogP contribution in [0.4, 0.5) is 4.79 Å². The van der Waals surface area contributed by atoms with Crippen molar-refractivity contribution in [3.8, 4) is 0 Å². The lowest BCUT2D eigenvalue weighted by molar-refractivity contribution is -0.142. The highest BCUT2D eigenvalue weighted by Crippen LogP contribution is 2.42. The van der Waals surface area contributed by atoms with Gasteiger partial charge in [0.2, 0.25) is 0 Å². The number of urea groups is 1. The number of carboxylic acids is 1. The van der Waals surface area contributed by atoms with Crippen molar-refractivity contribution in [2.24, 2.45) is 11.8 Å². The van der Waals surface area contributed by atoms with Crippen LogP contribution >= 0.6 is 0 Å². The number of amides is 2. The lowest BCUT2D eigenvalue weighted by Crippen LogP contribution is -2.50. The maximum atomic E-state index is 12.2. The lowest BCUT2D eigenvalue weighted by atomic mass is 9.94. The minimum Gasteiger partial charge on any atom is -0.480 e. The fraction of sp³-hybridized carbons (Fsp3) is 0.846. The molecule has 2 saturated heterocycles. The number of fused-ring (bicyclic) bond motifs is 1. The number of ether oxygens (including phenoxy) is 1. The quantitative estimate of drug-likeness (QED) is 0.771. The molecule has 0 aromatic carbocycles. The van der Waals surface area contributed by atoms with E-state index in [0.717, 1.165) is 25.7 Å². The zero-order chi connectivity index (χ0) is 13.4. The standard InChI is InChI=1S/C13H20N2O4/c16-12(17)11-10-3-1-2-8(10)6-15(11)13(18)14-9-4-5-19-7-9/h8-11H,1-7H2,(H,14,18)(H,16,17). The third-order valence-electron chi connectivity index (χ3n) is 4.66. The number of rotatable bonds is 2. The Balaban J connectivity index is 1.68. The van der Waals surface area contributed by atoms with Crippen LogP contribution in [-0.2, 0) is 9.53 Å². The average Bonchev–Trinajstić information content (AvgIpc) is 3.02. The first-order valence-corrected chi connectivity index (χ1v) is 7.04. The number of carboxylic acid groups (broad SMARTS) is 1. The molecule has 0 aromatic rings. The largest absolute Gasteiger partial charge is 0.480 e. The number of hydrogen-bond acceptors (Lipinski definition) is 3. The summed E-state index contributed by atoms with van der Waals surface area (Å²) in [5, 5.41) is 12.3. The number of carbonyl (C=O) groups excluding carboxylic acids is 1. The normalized spacial score (nSPS) is 37.4. The molecular weight excluding hydrogens is 248 g/mol. The smallest absolute Gasteiger partial charge is 0.326 e. The molecule has 2 N–H and O–H groups in total. The van der Waals surface area contributed by atoms with Crippen molar-refractivity contribution < 1.29 is 19.4 Å². The Bertz CT molecular complexity index is 381. The van der Waals surface area contributed by atoms with E-state index in [-0.39, 0.29) is 18.0 Å². The van der Waals surface area contributed by atoms with Gasteiger partial charge in [-0.15, -0.1) is 0 Å². The molecule has 0 aromatic heterocycles. The molecule has 4 unspecified atom stereocenters. The van der Waals surface area contributed by atoms with E-state index in [1.165, 1.54) is 4.90 Å². The van der Waals surface area contributed by atoms with Gasteiger partial charge < -0.3 is 20.1 Å². The Morgan fingerprint density at radius 2 is 2.11 bits per heavy atom. The fourth-order valence-electron chi connectivity index (χ4n) is 3.74. The van der Waals surface area contributed by atoms with Gasteiger partial charge in [0.25, 0.3) is 0 Å². The van der Waals surface area contributed by atoms with Crippen molar-refractivity contribution in [1.29, 1.82) is 0 Å². The molecule has 19 heavy (non-hydrogen) atoms.